The lowest BCUT2D eigenvalue weighted by atomic mass is 10.2. The molecule has 1 aliphatic heterocycles. The Morgan fingerprint density at radius 3 is 2.57 bits per heavy atom. The van der Waals surface area contributed by atoms with Crippen LogP contribution >= 0.6 is 24.0 Å². The number of guanidine groups is 1. The Balaban J connectivity index is 0.00000264. The molecule has 130 valence electrons. The van der Waals surface area contributed by atoms with Crippen molar-refractivity contribution in [2.24, 2.45) is 10.7 Å². The topological polar surface area (TPSA) is 69.8 Å². The van der Waals surface area contributed by atoms with Crippen LogP contribution in [0.4, 0.5) is 5.82 Å². The highest BCUT2D eigenvalue weighted by Gasteiger charge is 2.16. The summed E-state index contributed by atoms with van der Waals surface area (Å²) in [5, 5.41) is 3.07. The lowest BCUT2D eigenvalue weighted by Crippen LogP contribution is -2.46. The number of likely N-dealkylation sites (N-methyl/N-ethyl adjacent to an activating group) is 1. The number of piperazine rings is 1. The number of rotatable bonds is 6. The van der Waals surface area contributed by atoms with Crippen molar-refractivity contribution in [3.8, 4) is 0 Å². The van der Waals surface area contributed by atoms with E-state index in [0.717, 1.165) is 57.1 Å². The molecule has 7 heteroatoms. The van der Waals surface area contributed by atoms with Gasteiger partial charge in [-0.25, -0.2) is 9.98 Å². The lowest BCUT2D eigenvalue weighted by Gasteiger charge is -2.34. The largest absolute Gasteiger partial charge is 0.370 e. The quantitative estimate of drug-likeness (QED) is 0.407. The van der Waals surface area contributed by atoms with Crippen LogP contribution in [0.3, 0.4) is 0 Å². The van der Waals surface area contributed by atoms with Gasteiger partial charge in [-0.05, 0) is 24.6 Å². The Kier molecular flexibility index (Phi) is 9.23. The van der Waals surface area contributed by atoms with Gasteiger partial charge in [-0.2, -0.15) is 0 Å². The number of hydrogen-bond acceptors (Lipinski definition) is 4. The molecule has 0 spiro atoms. The number of pyridine rings is 1. The molecule has 2 heterocycles. The van der Waals surface area contributed by atoms with Gasteiger partial charge in [-0.1, -0.05) is 19.9 Å². The first kappa shape index (κ1) is 20.0. The lowest BCUT2D eigenvalue weighted by molar-refractivity contribution is 0.270. The summed E-state index contributed by atoms with van der Waals surface area (Å²) >= 11 is 0. The summed E-state index contributed by atoms with van der Waals surface area (Å²) in [6.45, 7) is 11.2. The van der Waals surface area contributed by atoms with E-state index in [1.807, 2.05) is 6.20 Å². The third kappa shape index (κ3) is 6.50. The molecule has 0 aromatic carbocycles. The highest BCUT2D eigenvalue weighted by molar-refractivity contribution is 14.0. The van der Waals surface area contributed by atoms with Crippen LogP contribution in [0, 0.1) is 0 Å². The Bertz CT molecular complexity index is 468. The summed E-state index contributed by atoms with van der Waals surface area (Å²) < 4.78 is 0. The molecule has 1 aromatic heterocycles. The summed E-state index contributed by atoms with van der Waals surface area (Å²) in [6, 6.07) is 4.17. The predicted molar refractivity (Wildman–Crippen MR) is 108 cm³/mol. The summed E-state index contributed by atoms with van der Waals surface area (Å²) in [5.74, 6) is 1.56. The van der Waals surface area contributed by atoms with Gasteiger partial charge in [0.15, 0.2) is 5.96 Å². The van der Waals surface area contributed by atoms with Gasteiger partial charge in [0, 0.05) is 38.9 Å². The maximum atomic E-state index is 5.79. The summed E-state index contributed by atoms with van der Waals surface area (Å²) in [4.78, 5) is 13.7. The molecule has 0 saturated carbocycles. The molecule has 0 aliphatic carbocycles. The normalized spacial score (nSPS) is 16.1. The number of aliphatic imine (C=N–C) groups is 1. The van der Waals surface area contributed by atoms with E-state index in [2.05, 4.69) is 51.1 Å². The van der Waals surface area contributed by atoms with E-state index in [9.17, 15) is 0 Å². The summed E-state index contributed by atoms with van der Waals surface area (Å²) in [7, 11) is 0. The zero-order valence-corrected chi connectivity index (χ0v) is 16.5. The van der Waals surface area contributed by atoms with Crippen molar-refractivity contribution in [1.29, 1.82) is 0 Å². The van der Waals surface area contributed by atoms with Crippen LogP contribution in [0.5, 0.6) is 0 Å². The van der Waals surface area contributed by atoms with Crippen LogP contribution in [0.25, 0.3) is 0 Å². The van der Waals surface area contributed by atoms with Crippen LogP contribution in [-0.4, -0.2) is 55.1 Å². The molecule has 1 saturated heterocycles. The number of nitrogens with two attached hydrogens (primary N) is 1. The molecule has 0 amide bonds. The average molecular weight is 432 g/mol. The highest BCUT2D eigenvalue weighted by Crippen LogP contribution is 2.14. The van der Waals surface area contributed by atoms with Gasteiger partial charge < -0.3 is 20.9 Å². The van der Waals surface area contributed by atoms with Gasteiger partial charge >= 0.3 is 0 Å². The number of nitrogens with one attached hydrogen (secondary N) is 1. The first-order valence-corrected chi connectivity index (χ1v) is 8.19. The summed E-state index contributed by atoms with van der Waals surface area (Å²) in [6.07, 6.45) is 2.94. The number of hydrogen-bond donors (Lipinski definition) is 2. The predicted octanol–water partition coefficient (Wildman–Crippen LogP) is 1.66. The van der Waals surface area contributed by atoms with Crippen molar-refractivity contribution in [2.75, 3.05) is 44.2 Å². The molecule has 0 unspecified atom stereocenters. The van der Waals surface area contributed by atoms with Gasteiger partial charge in [0.2, 0.25) is 0 Å². The second-order valence-electron chi connectivity index (χ2n) is 5.57. The Morgan fingerprint density at radius 1 is 1.26 bits per heavy atom. The molecule has 1 aromatic rings. The fourth-order valence-corrected chi connectivity index (χ4v) is 2.48. The molecule has 1 fully saturated rings. The first-order chi connectivity index (χ1) is 10.7. The molecule has 0 bridgehead atoms. The van der Waals surface area contributed by atoms with E-state index in [0.29, 0.717) is 12.5 Å². The highest BCUT2D eigenvalue weighted by atomic mass is 127. The van der Waals surface area contributed by atoms with Crippen LogP contribution in [-0.2, 0) is 6.54 Å². The second kappa shape index (κ2) is 10.6. The van der Waals surface area contributed by atoms with Crippen molar-refractivity contribution in [2.45, 2.75) is 26.8 Å². The molecule has 23 heavy (non-hydrogen) atoms. The van der Waals surface area contributed by atoms with Crippen molar-refractivity contribution in [3.05, 3.63) is 23.9 Å². The Labute approximate surface area is 156 Å². The molecular formula is C16H29IN6. The van der Waals surface area contributed by atoms with E-state index >= 15 is 0 Å². The third-order valence-corrected chi connectivity index (χ3v) is 3.94. The second-order valence-corrected chi connectivity index (χ2v) is 5.57. The van der Waals surface area contributed by atoms with E-state index < -0.39 is 0 Å². The molecule has 3 N–H and O–H groups in total. The summed E-state index contributed by atoms with van der Waals surface area (Å²) in [5.41, 5.74) is 6.87. The molecule has 0 atom stereocenters. The van der Waals surface area contributed by atoms with Crippen molar-refractivity contribution >= 4 is 35.8 Å². The zero-order valence-electron chi connectivity index (χ0n) is 14.2. The maximum Gasteiger partial charge on any atom is 0.188 e. The molecular weight excluding hydrogens is 403 g/mol. The number of nitrogens with zero attached hydrogens (tertiary/aromatic N) is 4. The van der Waals surface area contributed by atoms with E-state index in [4.69, 9.17) is 5.73 Å². The van der Waals surface area contributed by atoms with E-state index in [1.54, 1.807) is 0 Å². The van der Waals surface area contributed by atoms with Crippen molar-refractivity contribution < 1.29 is 0 Å². The average Bonchev–Trinajstić information content (AvgIpc) is 2.58. The van der Waals surface area contributed by atoms with Crippen LogP contribution < -0.4 is 16.0 Å². The fraction of sp³-hybridized carbons (Fsp3) is 0.625. The smallest absolute Gasteiger partial charge is 0.188 e. The van der Waals surface area contributed by atoms with Gasteiger partial charge in [0.25, 0.3) is 0 Å². The third-order valence-electron chi connectivity index (χ3n) is 3.94. The minimum atomic E-state index is 0. The SMILES string of the molecule is CCCNC(N)=NCc1ccc(N2CCN(CC)CC2)nc1.I. The van der Waals surface area contributed by atoms with E-state index in [-0.39, 0.29) is 24.0 Å². The Morgan fingerprint density at radius 2 is 2.00 bits per heavy atom. The van der Waals surface area contributed by atoms with Crippen LogP contribution in [0.1, 0.15) is 25.8 Å². The van der Waals surface area contributed by atoms with Gasteiger partial charge in [-0.3, -0.25) is 0 Å². The molecule has 2 rings (SSSR count). The van der Waals surface area contributed by atoms with Crippen molar-refractivity contribution in [1.82, 2.24) is 15.2 Å². The van der Waals surface area contributed by atoms with Gasteiger partial charge in [0.1, 0.15) is 5.82 Å². The van der Waals surface area contributed by atoms with Gasteiger partial charge in [0.05, 0.1) is 6.54 Å². The minimum Gasteiger partial charge on any atom is -0.370 e. The molecule has 0 radical (unpaired) electrons. The number of aromatic nitrogens is 1. The molecule has 6 nitrogen and oxygen atoms in total. The maximum absolute atomic E-state index is 5.79. The van der Waals surface area contributed by atoms with Gasteiger partial charge in [-0.15, -0.1) is 24.0 Å². The van der Waals surface area contributed by atoms with Crippen molar-refractivity contribution in [3.63, 3.8) is 0 Å². The zero-order chi connectivity index (χ0) is 15.8. The molecule has 1 aliphatic rings. The van der Waals surface area contributed by atoms with E-state index in [1.165, 1.54) is 0 Å². The number of anilines is 1. The Hall–Kier alpha value is -1.09. The minimum absolute atomic E-state index is 0. The monoisotopic (exact) mass is 432 g/mol. The van der Waals surface area contributed by atoms with Crippen LogP contribution in [0.2, 0.25) is 0 Å². The standard InChI is InChI=1S/C16H28N6.HI/c1-3-7-18-16(17)20-13-14-5-6-15(19-12-14)22-10-8-21(4-2)9-11-22;/h5-6,12H,3-4,7-11,13H2,1-2H3,(H3,17,18,20);1H. The van der Waals surface area contributed by atoms with Crippen LogP contribution in [0.15, 0.2) is 23.3 Å². The first-order valence-electron chi connectivity index (χ1n) is 8.19. The fourth-order valence-electron chi connectivity index (χ4n) is 2.48. The number of halogens is 1.